The molecule has 0 aliphatic carbocycles. The molecule has 0 unspecified atom stereocenters. The van der Waals surface area contributed by atoms with E-state index in [4.69, 9.17) is 0 Å². The van der Waals surface area contributed by atoms with Crippen LogP contribution in [0, 0.1) is 5.92 Å². The number of aryl methyl sites for hydroxylation is 1. The number of carbonyl (C=O) groups excluding carboxylic acids is 1. The van der Waals surface area contributed by atoms with Crippen LogP contribution in [0.1, 0.15) is 26.3 Å². The SMILES string of the molecule is CCn1nnnc1S[C@H](C(=O)NCc1cccnc1)C(C)C. The van der Waals surface area contributed by atoms with Crippen LogP contribution in [0.5, 0.6) is 0 Å². The molecule has 2 aromatic heterocycles. The number of aromatic nitrogens is 5. The molecule has 1 atom stereocenters. The number of amides is 1. The van der Waals surface area contributed by atoms with Crippen molar-refractivity contribution in [2.45, 2.75) is 44.3 Å². The van der Waals surface area contributed by atoms with Crippen LogP contribution in [0.4, 0.5) is 0 Å². The van der Waals surface area contributed by atoms with Gasteiger partial charge >= 0.3 is 0 Å². The quantitative estimate of drug-likeness (QED) is 0.779. The standard InChI is InChI=1S/C14H20N6OS/c1-4-20-14(17-18-19-20)22-12(10(2)3)13(21)16-9-11-6-5-7-15-8-11/h5-8,10,12H,4,9H2,1-3H3,(H,16,21)/t12-/m0/s1. The van der Waals surface area contributed by atoms with Crippen LogP contribution in [0.15, 0.2) is 29.7 Å². The molecule has 0 saturated carbocycles. The number of pyridine rings is 1. The fraction of sp³-hybridized carbons (Fsp3) is 0.500. The smallest absolute Gasteiger partial charge is 0.234 e. The van der Waals surface area contributed by atoms with Gasteiger partial charge in [0.2, 0.25) is 11.1 Å². The first-order valence-corrected chi connectivity index (χ1v) is 8.09. The van der Waals surface area contributed by atoms with E-state index in [2.05, 4.69) is 25.8 Å². The second kappa shape index (κ2) is 7.88. The average molecular weight is 320 g/mol. The minimum atomic E-state index is -0.243. The number of tetrazole rings is 1. The Labute approximate surface area is 133 Å². The monoisotopic (exact) mass is 320 g/mol. The summed E-state index contributed by atoms with van der Waals surface area (Å²) < 4.78 is 1.69. The zero-order valence-corrected chi connectivity index (χ0v) is 13.7. The van der Waals surface area contributed by atoms with Crippen LogP contribution in [-0.4, -0.2) is 36.3 Å². The first kappa shape index (κ1) is 16.4. The van der Waals surface area contributed by atoms with Gasteiger partial charge in [-0.3, -0.25) is 9.78 Å². The number of nitrogens with one attached hydrogen (secondary N) is 1. The highest BCUT2D eigenvalue weighted by Crippen LogP contribution is 2.26. The molecule has 0 fully saturated rings. The number of thioether (sulfide) groups is 1. The lowest BCUT2D eigenvalue weighted by Crippen LogP contribution is -2.35. The zero-order valence-electron chi connectivity index (χ0n) is 12.9. The fourth-order valence-electron chi connectivity index (χ4n) is 1.88. The average Bonchev–Trinajstić information content (AvgIpc) is 2.98. The molecule has 0 aromatic carbocycles. The summed E-state index contributed by atoms with van der Waals surface area (Å²) in [6.45, 7) is 7.14. The van der Waals surface area contributed by atoms with Gasteiger partial charge in [-0.1, -0.05) is 31.7 Å². The molecule has 2 rings (SSSR count). The van der Waals surface area contributed by atoms with E-state index in [1.165, 1.54) is 11.8 Å². The summed E-state index contributed by atoms with van der Waals surface area (Å²) in [6.07, 6.45) is 3.46. The topological polar surface area (TPSA) is 85.6 Å². The highest BCUT2D eigenvalue weighted by molar-refractivity contribution is 8.00. The van der Waals surface area contributed by atoms with E-state index in [0.717, 1.165) is 5.56 Å². The van der Waals surface area contributed by atoms with Gasteiger partial charge in [-0.05, 0) is 34.9 Å². The Kier molecular flexibility index (Phi) is 5.88. The second-order valence-corrected chi connectivity index (χ2v) is 6.25. The van der Waals surface area contributed by atoms with Gasteiger partial charge in [0.25, 0.3) is 0 Å². The van der Waals surface area contributed by atoms with E-state index in [-0.39, 0.29) is 17.1 Å². The Morgan fingerprint density at radius 3 is 2.91 bits per heavy atom. The summed E-state index contributed by atoms with van der Waals surface area (Å²) in [7, 11) is 0. The van der Waals surface area contributed by atoms with E-state index in [0.29, 0.717) is 18.2 Å². The largest absolute Gasteiger partial charge is 0.351 e. The lowest BCUT2D eigenvalue weighted by Gasteiger charge is -2.19. The van der Waals surface area contributed by atoms with Gasteiger partial charge in [0.1, 0.15) is 0 Å². The van der Waals surface area contributed by atoms with Crippen LogP contribution in [-0.2, 0) is 17.9 Å². The summed E-state index contributed by atoms with van der Waals surface area (Å²) in [6, 6.07) is 3.79. The van der Waals surface area contributed by atoms with Crippen molar-refractivity contribution in [1.29, 1.82) is 0 Å². The van der Waals surface area contributed by atoms with Gasteiger partial charge < -0.3 is 5.32 Å². The van der Waals surface area contributed by atoms with Crippen LogP contribution < -0.4 is 5.32 Å². The molecule has 0 spiro atoms. The van der Waals surface area contributed by atoms with E-state index in [1.807, 2.05) is 32.9 Å². The summed E-state index contributed by atoms with van der Waals surface area (Å²) in [4.78, 5) is 16.5. The maximum atomic E-state index is 12.5. The van der Waals surface area contributed by atoms with Crippen LogP contribution >= 0.6 is 11.8 Å². The minimum Gasteiger partial charge on any atom is -0.351 e. The van der Waals surface area contributed by atoms with Gasteiger partial charge in [-0.15, -0.1) is 5.10 Å². The van der Waals surface area contributed by atoms with Crippen molar-refractivity contribution < 1.29 is 4.79 Å². The summed E-state index contributed by atoms with van der Waals surface area (Å²) in [5, 5.41) is 14.9. The van der Waals surface area contributed by atoms with Crippen molar-refractivity contribution in [3.8, 4) is 0 Å². The Morgan fingerprint density at radius 1 is 1.45 bits per heavy atom. The van der Waals surface area contributed by atoms with Crippen molar-refractivity contribution in [2.24, 2.45) is 5.92 Å². The molecule has 0 aliphatic rings. The van der Waals surface area contributed by atoms with Gasteiger partial charge in [0.15, 0.2) is 0 Å². The maximum Gasteiger partial charge on any atom is 0.234 e. The molecule has 2 heterocycles. The fourth-order valence-corrected chi connectivity index (χ4v) is 2.94. The molecular weight excluding hydrogens is 300 g/mol. The van der Waals surface area contributed by atoms with Crippen molar-refractivity contribution in [3.05, 3.63) is 30.1 Å². The molecule has 7 nitrogen and oxygen atoms in total. The Morgan fingerprint density at radius 2 is 2.27 bits per heavy atom. The van der Waals surface area contributed by atoms with Crippen molar-refractivity contribution in [1.82, 2.24) is 30.5 Å². The Bertz CT molecular complexity index is 600. The van der Waals surface area contributed by atoms with E-state index >= 15 is 0 Å². The first-order valence-electron chi connectivity index (χ1n) is 7.21. The molecule has 0 aliphatic heterocycles. The van der Waals surface area contributed by atoms with Gasteiger partial charge in [-0.2, -0.15) is 0 Å². The highest BCUT2D eigenvalue weighted by atomic mass is 32.2. The van der Waals surface area contributed by atoms with Gasteiger partial charge in [0, 0.05) is 25.5 Å². The summed E-state index contributed by atoms with van der Waals surface area (Å²) >= 11 is 1.40. The number of carbonyl (C=O) groups is 1. The molecule has 8 heteroatoms. The number of nitrogens with zero attached hydrogens (tertiary/aromatic N) is 5. The van der Waals surface area contributed by atoms with Crippen LogP contribution in [0.25, 0.3) is 0 Å². The number of rotatable bonds is 7. The lowest BCUT2D eigenvalue weighted by molar-refractivity contribution is -0.121. The maximum absolute atomic E-state index is 12.5. The zero-order chi connectivity index (χ0) is 15.9. The highest BCUT2D eigenvalue weighted by Gasteiger charge is 2.25. The third-order valence-corrected chi connectivity index (χ3v) is 4.60. The second-order valence-electron chi connectivity index (χ2n) is 5.14. The lowest BCUT2D eigenvalue weighted by atomic mass is 10.1. The number of hydrogen-bond acceptors (Lipinski definition) is 6. The van der Waals surface area contributed by atoms with Crippen molar-refractivity contribution in [2.75, 3.05) is 0 Å². The van der Waals surface area contributed by atoms with Crippen LogP contribution in [0.2, 0.25) is 0 Å². The molecule has 22 heavy (non-hydrogen) atoms. The Balaban J connectivity index is 1.99. The molecule has 1 N–H and O–H groups in total. The van der Waals surface area contributed by atoms with Gasteiger partial charge in [0.05, 0.1) is 5.25 Å². The molecule has 1 amide bonds. The third-order valence-electron chi connectivity index (χ3n) is 3.08. The third kappa shape index (κ3) is 4.27. The van der Waals surface area contributed by atoms with E-state index in [1.54, 1.807) is 17.1 Å². The predicted octanol–water partition coefficient (Wildman–Crippen LogP) is 1.52. The predicted molar refractivity (Wildman–Crippen MR) is 84.1 cm³/mol. The van der Waals surface area contributed by atoms with Crippen LogP contribution in [0.3, 0.4) is 0 Å². The molecule has 0 radical (unpaired) electrons. The first-order chi connectivity index (χ1) is 10.6. The van der Waals surface area contributed by atoms with Crippen molar-refractivity contribution >= 4 is 17.7 Å². The van der Waals surface area contributed by atoms with Gasteiger partial charge in [-0.25, -0.2) is 4.68 Å². The minimum absolute atomic E-state index is 0.0190. The summed E-state index contributed by atoms with van der Waals surface area (Å²) in [5.41, 5.74) is 0.974. The Hall–Kier alpha value is -1.96. The normalized spacial score (nSPS) is 12.4. The van der Waals surface area contributed by atoms with E-state index < -0.39 is 0 Å². The van der Waals surface area contributed by atoms with E-state index in [9.17, 15) is 4.79 Å². The molecule has 0 saturated heterocycles. The van der Waals surface area contributed by atoms with Crippen molar-refractivity contribution in [3.63, 3.8) is 0 Å². The summed E-state index contributed by atoms with van der Waals surface area (Å²) in [5.74, 6) is 0.149. The molecule has 0 bridgehead atoms. The number of hydrogen-bond donors (Lipinski definition) is 1. The molecule has 118 valence electrons. The molecule has 2 aromatic rings. The molecular formula is C14H20N6OS.